The van der Waals surface area contributed by atoms with Crippen molar-refractivity contribution in [3.05, 3.63) is 34.1 Å². The van der Waals surface area contributed by atoms with E-state index in [1.807, 2.05) is 14.1 Å². The fourth-order valence-corrected chi connectivity index (χ4v) is 3.65. The lowest BCUT2D eigenvalue weighted by Crippen LogP contribution is -2.39. The molecule has 0 unspecified atom stereocenters. The molecule has 0 radical (unpaired) electrons. The molecule has 0 spiro atoms. The first-order chi connectivity index (χ1) is 11.6. The Balaban J connectivity index is 0.00000225. The number of guanidine groups is 1. The van der Waals surface area contributed by atoms with E-state index >= 15 is 0 Å². The van der Waals surface area contributed by atoms with Crippen LogP contribution in [0.5, 0.6) is 0 Å². The van der Waals surface area contributed by atoms with E-state index < -0.39 is 0 Å². The zero-order chi connectivity index (χ0) is 17.1. The summed E-state index contributed by atoms with van der Waals surface area (Å²) in [6.45, 7) is 2.44. The molecule has 9 heteroatoms. The second-order valence-electron chi connectivity index (χ2n) is 6.16. The van der Waals surface area contributed by atoms with E-state index in [1.165, 1.54) is 18.5 Å². The van der Waals surface area contributed by atoms with Gasteiger partial charge in [0.1, 0.15) is 5.82 Å². The Labute approximate surface area is 174 Å². The van der Waals surface area contributed by atoms with Crippen molar-refractivity contribution in [3.63, 3.8) is 0 Å². The van der Waals surface area contributed by atoms with Crippen molar-refractivity contribution in [2.45, 2.75) is 38.9 Å². The van der Waals surface area contributed by atoms with Crippen LogP contribution in [0.3, 0.4) is 0 Å². The number of hydrogen-bond acceptors (Lipinski definition) is 3. The minimum absolute atomic E-state index is 0. The molecule has 0 saturated carbocycles. The number of nitrogens with zero attached hydrogens (tertiary/aromatic N) is 6. The Bertz CT molecular complexity index is 737. The highest BCUT2D eigenvalue weighted by Crippen LogP contribution is 2.16. The molecule has 0 aromatic carbocycles. The van der Waals surface area contributed by atoms with E-state index in [9.17, 15) is 0 Å². The summed E-state index contributed by atoms with van der Waals surface area (Å²) < 4.78 is 5.44. The summed E-state index contributed by atoms with van der Waals surface area (Å²) in [4.78, 5) is 6.49. The predicted octanol–water partition coefficient (Wildman–Crippen LogP) is 2.54. The van der Waals surface area contributed by atoms with Crippen molar-refractivity contribution in [2.75, 3.05) is 14.1 Å². The first kappa shape index (κ1) is 20.2. The van der Waals surface area contributed by atoms with Gasteiger partial charge in [-0.3, -0.25) is 4.99 Å². The topological polar surface area (TPSA) is 63.3 Å². The van der Waals surface area contributed by atoms with Crippen molar-refractivity contribution < 1.29 is 0 Å². The fraction of sp³-hybridized carbons (Fsp3) is 0.562. The molecule has 0 saturated heterocycles. The number of hydrogen-bond donors (Lipinski definition) is 1. The Morgan fingerprint density at radius 3 is 2.88 bits per heavy atom. The van der Waals surface area contributed by atoms with E-state index in [0.717, 1.165) is 41.6 Å². The molecule has 0 fully saturated rings. The monoisotopic (exact) mass is 521 g/mol. The summed E-state index contributed by atoms with van der Waals surface area (Å²) in [5.41, 5.74) is 1.21. The van der Waals surface area contributed by atoms with Crippen molar-refractivity contribution in [1.29, 1.82) is 0 Å². The molecular weight excluding hydrogens is 497 g/mol. The molecule has 7 nitrogen and oxygen atoms in total. The highest BCUT2D eigenvalue weighted by Gasteiger charge is 2.16. The quantitative estimate of drug-likeness (QED) is 0.381. The zero-order valence-corrected chi connectivity index (χ0v) is 18.8. The highest BCUT2D eigenvalue weighted by molar-refractivity contribution is 14.0. The average molecular weight is 522 g/mol. The number of halogens is 2. The Morgan fingerprint density at radius 1 is 1.40 bits per heavy atom. The summed E-state index contributed by atoms with van der Waals surface area (Å²) >= 11 is 3.52. The van der Waals surface area contributed by atoms with Gasteiger partial charge in [0, 0.05) is 50.5 Å². The van der Waals surface area contributed by atoms with E-state index in [1.54, 1.807) is 7.05 Å². The number of rotatable bonds is 4. The third-order valence-electron chi connectivity index (χ3n) is 4.39. The van der Waals surface area contributed by atoms with Crippen LogP contribution in [-0.2, 0) is 33.1 Å². The summed E-state index contributed by atoms with van der Waals surface area (Å²) in [6, 6.07) is 2.12. The molecule has 3 heterocycles. The third kappa shape index (κ3) is 4.75. The van der Waals surface area contributed by atoms with E-state index in [-0.39, 0.29) is 24.0 Å². The molecule has 1 N–H and O–H groups in total. The van der Waals surface area contributed by atoms with Gasteiger partial charge in [0.2, 0.25) is 0 Å². The second-order valence-corrected chi connectivity index (χ2v) is 7.07. The number of aryl methyl sites for hydroxylation is 2. The standard InChI is InChI=1S/C16H24BrN7.HI/c1-18-16(23(3)11-13-8-12(17)10-22(13)2)19-9-15-21-20-14-6-4-5-7-24(14)15;/h8,10H,4-7,9,11H2,1-3H3,(H,18,19);1H. The molecular formula is C16H25BrIN7. The van der Waals surface area contributed by atoms with Gasteiger partial charge in [0.05, 0.1) is 13.1 Å². The van der Waals surface area contributed by atoms with Gasteiger partial charge in [-0.2, -0.15) is 0 Å². The van der Waals surface area contributed by atoms with Gasteiger partial charge in [-0.15, -0.1) is 34.2 Å². The first-order valence-corrected chi connectivity index (χ1v) is 9.01. The molecule has 1 aliphatic rings. The summed E-state index contributed by atoms with van der Waals surface area (Å²) in [7, 11) is 5.89. The van der Waals surface area contributed by atoms with Gasteiger partial charge in [-0.05, 0) is 34.8 Å². The largest absolute Gasteiger partial charge is 0.352 e. The molecule has 138 valence electrons. The Kier molecular flexibility index (Phi) is 7.29. The number of aromatic nitrogens is 4. The number of fused-ring (bicyclic) bond motifs is 1. The van der Waals surface area contributed by atoms with Gasteiger partial charge in [0.15, 0.2) is 11.8 Å². The molecule has 0 amide bonds. The van der Waals surface area contributed by atoms with Crippen LogP contribution in [0.25, 0.3) is 0 Å². The van der Waals surface area contributed by atoms with Crippen LogP contribution in [0.2, 0.25) is 0 Å². The lowest BCUT2D eigenvalue weighted by atomic mass is 10.2. The van der Waals surface area contributed by atoms with Gasteiger partial charge in [-0.25, -0.2) is 0 Å². The van der Waals surface area contributed by atoms with Crippen molar-refractivity contribution in [3.8, 4) is 0 Å². The number of nitrogens with one attached hydrogen (secondary N) is 1. The maximum absolute atomic E-state index is 4.39. The van der Waals surface area contributed by atoms with Gasteiger partial charge < -0.3 is 19.4 Å². The smallest absolute Gasteiger partial charge is 0.194 e. The molecule has 2 aromatic heterocycles. The summed E-state index contributed by atoms with van der Waals surface area (Å²) in [5, 5.41) is 12.0. The van der Waals surface area contributed by atoms with Gasteiger partial charge in [-0.1, -0.05) is 0 Å². The fourth-order valence-electron chi connectivity index (χ4n) is 3.08. The zero-order valence-electron chi connectivity index (χ0n) is 14.9. The van der Waals surface area contributed by atoms with Crippen molar-refractivity contribution >= 4 is 45.9 Å². The van der Waals surface area contributed by atoms with Crippen molar-refractivity contribution in [2.24, 2.45) is 12.0 Å². The van der Waals surface area contributed by atoms with Crippen LogP contribution in [0.4, 0.5) is 0 Å². The molecule has 0 aliphatic carbocycles. The summed E-state index contributed by atoms with van der Waals surface area (Å²) in [5.74, 6) is 2.94. The maximum atomic E-state index is 4.39. The van der Waals surface area contributed by atoms with Crippen LogP contribution in [0.1, 0.15) is 30.2 Å². The molecule has 3 rings (SSSR count). The minimum Gasteiger partial charge on any atom is -0.352 e. The van der Waals surface area contributed by atoms with Crippen LogP contribution >= 0.6 is 39.9 Å². The predicted molar refractivity (Wildman–Crippen MR) is 113 cm³/mol. The Morgan fingerprint density at radius 2 is 2.20 bits per heavy atom. The van der Waals surface area contributed by atoms with Crippen LogP contribution in [0.15, 0.2) is 21.7 Å². The average Bonchev–Trinajstić information content (AvgIpc) is 3.11. The van der Waals surface area contributed by atoms with E-state index in [4.69, 9.17) is 0 Å². The normalized spacial score (nSPS) is 14.0. The Hall–Kier alpha value is -1.10. The molecule has 1 aliphatic heterocycles. The highest BCUT2D eigenvalue weighted by atomic mass is 127. The lowest BCUT2D eigenvalue weighted by molar-refractivity contribution is 0.456. The van der Waals surface area contributed by atoms with Crippen molar-refractivity contribution in [1.82, 2.24) is 29.5 Å². The van der Waals surface area contributed by atoms with E-state index in [2.05, 4.69) is 62.7 Å². The second kappa shape index (κ2) is 9.02. The third-order valence-corrected chi connectivity index (χ3v) is 4.82. The molecule has 0 atom stereocenters. The van der Waals surface area contributed by atoms with Crippen LogP contribution in [0, 0.1) is 0 Å². The van der Waals surface area contributed by atoms with Gasteiger partial charge in [0.25, 0.3) is 0 Å². The SMILES string of the molecule is CN=C(NCc1nnc2n1CCCC2)N(C)Cc1cc(Br)cn1C.I. The van der Waals surface area contributed by atoms with E-state index in [0.29, 0.717) is 6.54 Å². The molecule has 25 heavy (non-hydrogen) atoms. The first-order valence-electron chi connectivity index (χ1n) is 8.22. The lowest BCUT2D eigenvalue weighted by Gasteiger charge is -2.22. The van der Waals surface area contributed by atoms with Crippen LogP contribution < -0.4 is 5.32 Å². The maximum Gasteiger partial charge on any atom is 0.194 e. The molecule has 2 aromatic rings. The van der Waals surface area contributed by atoms with Gasteiger partial charge >= 0.3 is 0 Å². The van der Waals surface area contributed by atoms with Crippen LogP contribution in [-0.4, -0.2) is 44.3 Å². The molecule has 0 bridgehead atoms. The number of aliphatic imine (C=N–C) groups is 1. The minimum atomic E-state index is 0. The summed E-state index contributed by atoms with van der Waals surface area (Å²) in [6.07, 6.45) is 5.50.